The summed E-state index contributed by atoms with van der Waals surface area (Å²) in [5.41, 5.74) is 2.95. The number of methoxy groups -OCH3 is 1. The Hall–Kier alpha value is -1.85. The SMILES string of the molecule is COCC(=O)Nc1ccc(NCc2cccc(Br)c2)cc1. The third kappa shape index (κ3) is 5.21. The standard InChI is InChI=1S/C16H17BrN2O2/c1-21-11-16(20)19-15-7-5-14(6-8-15)18-10-12-3-2-4-13(17)9-12/h2-9,18H,10-11H2,1H3,(H,19,20). The second kappa shape index (κ2) is 7.81. The van der Waals surface area contributed by atoms with Crippen molar-refractivity contribution in [1.82, 2.24) is 0 Å². The number of amides is 1. The lowest BCUT2D eigenvalue weighted by Gasteiger charge is -2.09. The van der Waals surface area contributed by atoms with Crippen LogP contribution in [0.5, 0.6) is 0 Å². The quantitative estimate of drug-likeness (QED) is 0.837. The van der Waals surface area contributed by atoms with E-state index in [-0.39, 0.29) is 12.5 Å². The van der Waals surface area contributed by atoms with Crippen LogP contribution in [0.4, 0.5) is 11.4 Å². The van der Waals surface area contributed by atoms with Gasteiger partial charge < -0.3 is 15.4 Å². The van der Waals surface area contributed by atoms with E-state index in [1.54, 1.807) is 0 Å². The maximum Gasteiger partial charge on any atom is 0.250 e. The number of hydrogen-bond donors (Lipinski definition) is 2. The van der Waals surface area contributed by atoms with Crippen molar-refractivity contribution in [3.05, 3.63) is 58.6 Å². The summed E-state index contributed by atoms with van der Waals surface area (Å²) in [5.74, 6) is -0.160. The van der Waals surface area contributed by atoms with Gasteiger partial charge in [-0.05, 0) is 42.0 Å². The molecule has 4 nitrogen and oxygen atoms in total. The Morgan fingerprint density at radius 2 is 1.86 bits per heavy atom. The average Bonchev–Trinajstić information content (AvgIpc) is 2.47. The predicted octanol–water partition coefficient (Wildman–Crippen LogP) is 3.65. The van der Waals surface area contributed by atoms with Crippen LogP contribution in [0.25, 0.3) is 0 Å². The molecule has 0 bridgehead atoms. The van der Waals surface area contributed by atoms with E-state index in [0.717, 1.165) is 22.4 Å². The van der Waals surface area contributed by atoms with Gasteiger partial charge in [-0.25, -0.2) is 0 Å². The summed E-state index contributed by atoms with van der Waals surface area (Å²) in [5, 5.41) is 6.09. The Morgan fingerprint density at radius 1 is 1.14 bits per heavy atom. The van der Waals surface area contributed by atoms with Gasteiger partial charge in [0, 0.05) is 29.5 Å². The molecule has 0 atom stereocenters. The third-order valence-electron chi connectivity index (χ3n) is 2.83. The number of ether oxygens (including phenoxy) is 1. The molecule has 0 fully saturated rings. The molecule has 0 aliphatic rings. The van der Waals surface area contributed by atoms with Gasteiger partial charge in [0.25, 0.3) is 0 Å². The molecule has 0 aliphatic heterocycles. The molecule has 2 aromatic rings. The van der Waals surface area contributed by atoms with Gasteiger partial charge in [0.2, 0.25) is 5.91 Å². The van der Waals surface area contributed by atoms with Crippen LogP contribution in [0.2, 0.25) is 0 Å². The van der Waals surface area contributed by atoms with Crippen molar-refractivity contribution in [2.24, 2.45) is 0 Å². The number of nitrogens with one attached hydrogen (secondary N) is 2. The van der Waals surface area contributed by atoms with Gasteiger partial charge in [-0.15, -0.1) is 0 Å². The zero-order valence-corrected chi connectivity index (χ0v) is 13.3. The second-order valence-corrected chi connectivity index (χ2v) is 5.46. The number of anilines is 2. The van der Waals surface area contributed by atoms with Crippen LogP contribution in [0.1, 0.15) is 5.56 Å². The molecule has 0 radical (unpaired) electrons. The van der Waals surface area contributed by atoms with Crippen LogP contribution in [-0.4, -0.2) is 19.6 Å². The summed E-state index contributed by atoms with van der Waals surface area (Å²) < 4.78 is 5.84. The van der Waals surface area contributed by atoms with E-state index in [2.05, 4.69) is 38.7 Å². The first-order chi connectivity index (χ1) is 10.2. The molecule has 21 heavy (non-hydrogen) atoms. The summed E-state index contributed by atoms with van der Waals surface area (Å²) in [7, 11) is 1.49. The second-order valence-electron chi connectivity index (χ2n) is 4.54. The zero-order chi connectivity index (χ0) is 15.1. The molecule has 110 valence electrons. The molecule has 0 heterocycles. The van der Waals surface area contributed by atoms with Gasteiger partial charge in [-0.1, -0.05) is 28.1 Å². The lowest BCUT2D eigenvalue weighted by Crippen LogP contribution is -2.16. The van der Waals surface area contributed by atoms with Crippen LogP contribution in [-0.2, 0) is 16.1 Å². The van der Waals surface area contributed by atoms with Gasteiger partial charge in [0.05, 0.1) is 0 Å². The van der Waals surface area contributed by atoms with Crippen LogP contribution in [0.15, 0.2) is 53.0 Å². The predicted molar refractivity (Wildman–Crippen MR) is 88.4 cm³/mol. The van der Waals surface area contributed by atoms with E-state index < -0.39 is 0 Å². The summed E-state index contributed by atoms with van der Waals surface area (Å²) >= 11 is 3.46. The fourth-order valence-electron chi connectivity index (χ4n) is 1.85. The van der Waals surface area contributed by atoms with Crippen molar-refractivity contribution in [2.45, 2.75) is 6.54 Å². The highest BCUT2D eigenvalue weighted by Gasteiger charge is 2.01. The fraction of sp³-hybridized carbons (Fsp3) is 0.188. The molecule has 0 saturated heterocycles. The van der Waals surface area contributed by atoms with Crippen LogP contribution >= 0.6 is 15.9 Å². The lowest BCUT2D eigenvalue weighted by atomic mass is 10.2. The minimum Gasteiger partial charge on any atom is -0.381 e. The molecule has 0 aromatic heterocycles. The van der Waals surface area contributed by atoms with E-state index in [4.69, 9.17) is 4.74 Å². The van der Waals surface area contributed by atoms with Crippen molar-refractivity contribution in [3.63, 3.8) is 0 Å². The molecule has 0 saturated carbocycles. The topological polar surface area (TPSA) is 50.4 Å². The number of hydrogen-bond acceptors (Lipinski definition) is 3. The van der Waals surface area contributed by atoms with Gasteiger partial charge >= 0.3 is 0 Å². The Labute approximate surface area is 132 Å². The summed E-state index contributed by atoms with van der Waals surface area (Å²) in [6.45, 7) is 0.803. The molecule has 0 unspecified atom stereocenters. The van der Waals surface area contributed by atoms with Gasteiger partial charge in [0.1, 0.15) is 6.61 Å². The number of carbonyl (C=O) groups is 1. The van der Waals surface area contributed by atoms with Crippen LogP contribution in [0.3, 0.4) is 0 Å². The van der Waals surface area contributed by atoms with Gasteiger partial charge in [-0.3, -0.25) is 4.79 Å². The Morgan fingerprint density at radius 3 is 2.52 bits per heavy atom. The van der Waals surface area contributed by atoms with Crippen LogP contribution in [0, 0.1) is 0 Å². The van der Waals surface area contributed by atoms with E-state index in [9.17, 15) is 4.79 Å². The molecule has 1 amide bonds. The van der Waals surface area contributed by atoms with Gasteiger partial charge in [0.15, 0.2) is 0 Å². The van der Waals surface area contributed by atoms with E-state index in [0.29, 0.717) is 0 Å². The monoisotopic (exact) mass is 348 g/mol. The molecule has 2 aromatic carbocycles. The Bertz CT molecular complexity index is 599. The zero-order valence-electron chi connectivity index (χ0n) is 11.7. The highest BCUT2D eigenvalue weighted by Crippen LogP contribution is 2.16. The van der Waals surface area contributed by atoms with Crippen molar-refractivity contribution in [3.8, 4) is 0 Å². The highest BCUT2D eigenvalue weighted by molar-refractivity contribution is 9.10. The molecular weight excluding hydrogens is 332 g/mol. The first kappa shape index (κ1) is 15.5. The average molecular weight is 349 g/mol. The summed E-state index contributed by atoms with van der Waals surface area (Å²) in [6, 6.07) is 15.7. The van der Waals surface area contributed by atoms with Crippen molar-refractivity contribution >= 4 is 33.2 Å². The van der Waals surface area contributed by atoms with Crippen molar-refractivity contribution < 1.29 is 9.53 Å². The summed E-state index contributed by atoms with van der Waals surface area (Å²) in [6.07, 6.45) is 0. The first-order valence-electron chi connectivity index (χ1n) is 6.54. The molecular formula is C16H17BrN2O2. The molecule has 0 aliphatic carbocycles. The molecule has 5 heteroatoms. The fourth-order valence-corrected chi connectivity index (χ4v) is 2.30. The smallest absolute Gasteiger partial charge is 0.250 e. The van der Waals surface area contributed by atoms with Gasteiger partial charge in [-0.2, -0.15) is 0 Å². The van der Waals surface area contributed by atoms with Crippen LogP contribution < -0.4 is 10.6 Å². The maximum atomic E-state index is 11.4. The third-order valence-corrected chi connectivity index (χ3v) is 3.32. The molecule has 0 spiro atoms. The van der Waals surface area contributed by atoms with Crippen molar-refractivity contribution in [1.29, 1.82) is 0 Å². The minimum atomic E-state index is -0.160. The number of benzene rings is 2. The lowest BCUT2D eigenvalue weighted by molar-refractivity contribution is -0.119. The molecule has 2 N–H and O–H groups in total. The Balaban J connectivity index is 1.89. The van der Waals surface area contributed by atoms with E-state index >= 15 is 0 Å². The van der Waals surface area contributed by atoms with E-state index in [1.165, 1.54) is 12.7 Å². The largest absolute Gasteiger partial charge is 0.381 e. The maximum absolute atomic E-state index is 11.4. The normalized spacial score (nSPS) is 10.2. The summed E-state index contributed by atoms with van der Waals surface area (Å²) in [4.78, 5) is 11.4. The molecule has 2 rings (SSSR count). The first-order valence-corrected chi connectivity index (χ1v) is 7.34. The minimum absolute atomic E-state index is 0.0584. The Kier molecular flexibility index (Phi) is 5.78. The number of rotatable bonds is 6. The number of carbonyl (C=O) groups excluding carboxylic acids is 1. The van der Waals surface area contributed by atoms with Crippen molar-refractivity contribution in [2.75, 3.05) is 24.4 Å². The van der Waals surface area contributed by atoms with E-state index in [1.807, 2.05) is 36.4 Å². The number of halogens is 1. The highest BCUT2D eigenvalue weighted by atomic mass is 79.9.